The minimum absolute atomic E-state index is 0.0402. The third kappa shape index (κ3) is 3.66. The van der Waals surface area contributed by atoms with Gasteiger partial charge >= 0.3 is 6.03 Å². The molecule has 10 heteroatoms. The molecular formula is C22H23ClFN7O. The van der Waals surface area contributed by atoms with Gasteiger partial charge in [-0.15, -0.1) is 0 Å². The van der Waals surface area contributed by atoms with Gasteiger partial charge in [0.1, 0.15) is 11.6 Å². The number of nitrogens with zero attached hydrogens (tertiary/aromatic N) is 5. The maximum atomic E-state index is 13.5. The van der Waals surface area contributed by atoms with Gasteiger partial charge in [-0.2, -0.15) is 4.98 Å². The van der Waals surface area contributed by atoms with Gasteiger partial charge in [0.25, 0.3) is 0 Å². The van der Waals surface area contributed by atoms with Crippen molar-refractivity contribution in [3.8, 4) is 5.69 Å². The van der Waals surface area contributed by atoms with Crippen molar-refractivity contribution in [2.24, 2.45) is 5.92 Å². The zero-order chi connectivity index (χ0) is 22.5. The lowest BCUT2D eigenvalue weighted by Crippen LogP contribution is -2.38. The van der Waals surface area contributed by atoms with Crippen LogP contribution in [0.4, 0.5) is 21.0 Å². The highest BCUT2D eigenvalue weighted by atomic mass is 35.5. The average Bonchev–Trinajstić information content (AvgIpc) is 3.20. The first-order valence-corrected chi connectivity index (χ1v) is 10.9. The van der Waals surface area contributed by atoms with Crippen LogP contribution in [0.3, 0.4) is 0 Å². The molecular weight excluding hydrogens is 433 g/mol. The molecule has 2 aromatic heterocycles. The Morgan fingerprint density at radius 2 is 2.09 bits per heavy atom. The Hall–Kier alpha value is -3.20. The summed E-state index contributed by atoms with van der Waals surface area (Å²) in [7, 11) is 0. The largest absolute Gasteiger partial charge is 0.343 e. The zero-order valence-corrected chi connectivity index (χ0v) is 18.5. The Bertz CT molecular complexity index is 1180. The van der Waals surface area contributed by atoms with E-state index < -0.39 is 5.82 Å². The number of carbonyl (C=O) groups is 1. The van der Waals surface area contributed by atoms with Gasteiger partial charge in [-0.1, -0.05) is 25.4 Å². The predicted molar refractivity (Wildman–Crippen MR) is 120 cm³/mol. The lowest BCUT2D eigenvalue weighted by Gasteiger charge is -2.25. The first-order chi connectivity index (χ1) is 15.4. The molecule has 3 aromatic rings. The lowest BCUT2D eigenvalue weighted by molar-refractivity contribution is 0.251. The van der Waals surface area contributed by atoms with Crippen molar-refractivity contribution in [3.05, 3.63) is 59.5 Å². The maximum Gasteiger partial charge on any atom is 0.323 e. The second kappa shape index (κ2) is 7.74. The van der Waals surface area contributed by atoms with Gasteiger partial charge in [-0.25, -0.2) is 19.2 Å². The fraction of sp³-hybridized carbons (Fsp3) is 0.364. The van der Waals surface area contributed by atoms with Crippen molar-refractivity contribution in [1.82, 2.24) is 24.8 Å². The minimum Gasteiger partial charge on any atom is -0.343 e. The van der Waals surface area contributed by atoms with Crippen molar-refractivity contribution in [2.75, 3.05) is 16.8 Å². The summed E-state index contributed by atoms with van der Waals surface area (Å²) in [6.07, 6.45) is 6.99. The molecule has 8 nitrogen and oxygen atoms in total. The van der Waals surface area contributed by atoms with Crippen molar-refractivity contribution in [2.45, 2.75) is 38.3 Å². The molecule has 2 N–H and O–H groups in total. The number of aromatic nitrogens is 4. The minimum atomic E-state index is -0.459. The number of imidazole rings is 1. The van der Waals surface area contributed by atoms with Gasteiger partial charge in [-0.3, -0.25) is 4.90 Å². The Morgan fingerprint density at radius 3 is 2.81 bits per heavy atom. The number of amides is 2. The van der Waals surface area contributed by atoms with E-state index in [4.69, 9.17) is 11.6 Å². The van der Waals surface area contributed by atoms with Crippen molar-refractivity contribution >= 4 is 29.4 Å². The maximum absolute atomic E-state index is 13.5. The molecule has 0 spiro atoms. The second-order valence-corrected chi connectivity index (χ2v) is 8.98. The predicted octanol–water partition coefficient (Wildman–Crippen LogP) is 4.11. The number of carbonyl (C=O) groups excluding carboxylic acids is 1. The number of hydrogen-bond acceptors (Lipinski definition) is 5. The molecule has 5 rings (SSSR count). The molecule has 1 saturated carbocycles. The van der Waals surface area contributed by atoms with E-state index in [1.807, 2.05) is 10.8 Å². The van der Waals surface area contributed by atoms with Crippen LogP contribution in [0.1, 0.15) is 32.4 Å². The van der Waals surface area contributed by atoms with E-state index in [1.165, 1.54) is 6.07 Å². The summed E-state index contributed by atoms with van der Waals surface area (Å²) in [5.41, 5.74) is 1.19. The van der Waals surface area contributed by atoms with Crippen LogP contribution < -0.4 is 15.5 Å². The van der Waals surface area contributed by atoms with Crippen LogP contribution in [-0.2, 0) is 5.54 Å². The van der Waals surface area contributed by atoms with Crippen molar-refractivity contribution in [3.63, 3.8) is 0 Å². The Morgan fingerprint density at radius 1 is 1.28 bits per heavy atom. The SMILES string of the molecule is CC(C)[C@H]1CNC(=O)N1c1ccnc(NC2(c3cn(-c4ccc(F)c(Cl)c4)cn3)CC2)n1. The van der Waals surface area contributed by atoms with E-state index in [-0.39, 0.29) is 22.6 Å². The van der Waals surface area contributed by atoms with Crippen LogP contribution in [0.25, 0.3) is 5.69 Å². The van der Waals surface area contributed by atoms with Crippen molar-refractivity contribution in [1.29, 1.82) is 0 Å². The van der Waals surface area contributed by atoms with Crippen LogP contribution in [0, 0.1) is 11.7 Å². The number of hydrogen-bond donors (Lipinski definition) is 2. The molecule has 2 amide bonds. The summed E-state index contributed by atoms with van der Waals surface area (Å²) in [5, 5.41) is 6.37. The molecule has 0 radical (unpaired) electrons. The highest BCUT2D eigenvalue weighted by molar-refractivity contribution is 6.30. The molecule has 0 unspecified atom stereocenters. The van der Waals surface area contributed by atoms with Crippen LogP contribution in [0.2, 0.25) is 5.02 Å². The normalized spacial score (nSPS) is 19.3. The molecule has 1 saturated heterocycles. The molecule has 166 valence electrons. The summed E-state index contributed by atoms with van der Waals surface area (Å²) in [5.74, 6) is 0.846. The molecule has 1 aliphatic carbocycles. The molecule has 0 bridgehead atoms. The van der Waals surface area contributed by atoms with E-state index in [1.54, 1.807) is 35.6 Å². The van der Waals surface area contributed by atoms with Gasteiger partial charge in [0.15, 0.2) is 0 Å². The average molecular weight is 456 g/mol. The number of urea groups is 1. The van der Waals surface area contributed by atoms with E-state index in [9.17, 15) is 9.18 Å². The molecule has 2 fully saturated rings. The summed E-state index contributed by atoms with van der Waals surface area (Å²) in [6.45, 7) is 4.77. The number of halogens is 2. The van der Waals surface area contributed by atoms with E-state index in [0.29, 0.717) is 24.2 Å². The third-order valence-corrected chi connectivity index (χ3v) is 6.34. The smallest absolute Gasteiger partial charge is 0.323 e. The molecule has 32 heavy (non-hydrogen) atoms. The quantitative estimate of drug-likeness (QED) is 0.584. The molecule has 1 aromatic carbocycles. The Labute approximate surface area is 189 Å². The van der Waals surface area contributed by atoms with E-state index >= 15 is 0 Å². The van der Waals surface area contributed by atoms with Crippen LogP contribution in [0.5, 0.6) is 0 Å². The van der Waals surface area contributed by atoms with Gasteiger partial charge in [0, 0.05) is 24.6 Å². The number of nitrogens with one attached hydrogen (secondary N) is 2. The first kappa shape index (κ1) is 20.7. The molecule has 2 aliphatic rings. The van der Waals surface area contributed by atoms with Crippen LogP contribution in [0.15, 0.2) is 43.0 Å². The number of rotatable bonds is 6. The lowest BCUT2D eigenvalue weighted by atomic mass is 10.0. The monoisotopic (exact) mass is 455 g/mol. The van der Waals surface area contributed by atoms with Crippen LogP contribution >= 0.6 is 11.6 Å². The number of benzene rings is 1. The van der Waals surface area contributed by atoms with Crippen molar-refractivity contribution < 1.29 is 9.18 Å². The van der Waals surface area contributed by atoms with Crippen LogP contribution in [-0.4, -0.2) is 38.1 Å². The van der Waals surface area contributed by atoms with Gasteiger partial charge in [0.05, 0.1) is 28.6 Å². The topological polar surface area (TPSA) is 88.0 Å². The fourth-order valence-electron chi connectivity index (χ4n) is 4.01. The van der Waals surface area contributed by atoms with Gasteiger partial charge in [0.2, 0.25) is 5.95 Å². The highest BCUT2D eigenvalue weighted by Crippen LogP contribution is 2.47. The van der Waals surface area contributed by atoms with Gasteiger partial charge in [-0.05, 0) is 43.0 Å². The van der Waals surface area contributed by atoms with E-state index in [2.05, 4.69) is 39.4 Å². The van der Waals surface area contributed by atoms with E-state index in [0.717, 1.165) is 24.2 Å². The summed E-state index contributed by atoms with van der Waals surface area (Å²) >= 11 is 5.92. The van der Waals surface area contributed by atoms with Gasteiger partial charge < -0.3 is 15.2 Å². The second-order valence-electron chi connectivity index (χ2n) is 8.58. The summed E-state index contributed by atoms with van der Waals surface area (Å²) in [6, 6.07) is 6.19. The summed E-state index contributed by atoms with van der Waals surface area (Å²) < 4.78 is 15.3. The zero-order valence-electron chi connectivity index (χ0n) is 17.7. The molecule has 3 heterocycles. The standard InChI is InChI=1S/C22H23ClFN7O/c1-13(2)17-10-26-21(32)31(17)19-5-8-25-20(28-19)29-22(6-7-22)18-11-30(12-27-18)14-3-4-16(24)15(23)9-14/h3-5,8-9,11-13,17H,6-7,10H2,1-2H3,(H,26,32)(H,25,28,29)/t17-/m1/s1. The first-order valence-electron chi connectivity index (χ1n) is 10.5. The fourth-order valence-corrected chi connectivity index (χ4v) is 4.19. The molecule has 1 atom stereocenters. The highest BCUT2D eigenvalue weighted by Gasteiger charge is 2.47. The third-order valence-electron chi connectivity index (χ3n) is 6.05. The molecule has 1 aliphatic heterocycles. The number of anilines is 2. The Kier molecular flexibility index (Phi) is 5.00. The summed E-state index contributed by atoms with van der Waals surface area (Å²) in [4.78, 5) is 27.6. The Balaban J connectivity index is 1.38.